The van der Waals surface area contributed by atoms with E-state index in [0.29, 0.717) is 0 Å². The fraction of sp³-hybridized carbons (Fsp3) is 0.947. The molecule has 0 amide bonds. The van der Waals surface area contributed by atoms with Crippen molar-refractivity contribution in [1.82, 2.24) is 0 Å². The van der Waals surface area contributed by atoms with Gasteiger partial charge in [-0.3, -0.25) is 0 Å². The van der Waals surface area contributed by atoms with Crippen molar-refractivity contribution in [3.63, 3.8) is 0 Å². The van der Waals surface area contributed by atoms with E-state index in [0.717, 1.165) is 0 Å². The molecule has 16 heteroatoms. The maximum absolute atomic E-state index is 11.4. The highest BCUT2D eigenvalue weighted by molar-refractivity contribution is 5.73. The lowest BCUT2D eigenvalue weighted by molar-refractivity contribution is -0.380. The number of hydrogen-bond acceptors (Lipinski definition) is 15. The first-order chi connectivity index (χ1) is 16.4. The van der Waals surface area contributed by atoms with Crippen molar-refractivity contribution >= 4 is 5.97 Å². The van der Waals surface area contributed by atoms with Crippen molar-refractivity contribution in [2.24, 2.45) is 0 Å². The number of carboxylic acid groups (broad SMARTS) is 1. The molecule has 0 aliphatic carbocycles. The quantitative estimate of drug-likeness (QED) is 0.153. The summed E-state index contributed by atoms with van der Waals surface area (Å²) in [6.07, 6.45) is -24.8. The number of hydrogen-bond donors (Lipinski definition) is 9. The molecule has 9 N–H and O–H groups in total. The molecule has 0 aromatic carbocycles. The molecule has 0 unspecified atom stereocenters. The standard InChI is InChI=1S/C19H32O16/c1-4-13(33-18-10(25)7(22)6(21)5(3-20)32-18)14(12(27)17(30-2)31-4)34-19-11(26)8(23)9(24)15(35-19)16(28)29/h4-15,17-27H,3H2,1-2H3,(H,28,29)/t4-,5+,6-,7+,8+,9-,10+,11+,12-,13-,14+,15-,17+,18-,19+/m0/s1. The molecule has 3 saturated heterocycles. The number of carboxylic acids is 1. The number of aliphatic carboxylic acids is 1. The van der Waals surface area contributed by atoms with Gasteiger partial charge in [-0.1, -0.05) is 0 Å². The Kier molecular flexibility index (Phi) is 9.38. The number of ether oxygens (including phenoxy) is 6. The van der Waals surface area contributed by atoms with Gasteiger partial charge in [-0.2, -0.15) is 0 Å². The Labute approximate surface area is 198 Å². The van der Waals surface area contributed by atoms with Gasteiger partial charge in [0, 0.05) is 7.11 Å². The normalized spacial score (nSPS) is 51.2. The second kappa shape index (κ2) is 11.5. The van der Waals surface area contributed by atoms with Crippen LogP contribution >= 0.6 is 0 Å². The van der Waals surface area contributed by atoms with Gasteiger partial charge >= 0.3 is 5.97 Å². The van der Waals surface area contributed by atoms with Gasteiger partial charge in [0.2, 0.25) is 0 Å². The number of aliphatic hydroxyl groups excluding tert-OH is 8. The molecule has 204 valence electrons. The molecule has 3 aliphatic heterocycles. The minimum Gasteiger partial charge on any atom is -0.479 e. The van der Waals surface area contributed by atoms with Crippen LogP contribution in [-0.2, 0) is 33.2 Å². The SMILES string of the molecule is CO[C@@H]1O[C@@H](C)[C@H](O[C@@H]2O[C@H](CO)[C@H](O)[C@@H](O)[C@H]2O)[C@H](O[C@@H]2O[C@H](C(=O)O)[C@@H](O)[C@@H](O)[C@H]2O)[C@@H]1O. The van der Waals surface area contributed by atoms with Crippen LogP contribution in [0.5, 0.6) is 0 Å². The number of methoxy groups -OCH3 is 1. The highest BCUT2D eigenvalue weighted by atomic mass is 16.8. The van der Waals surface area contributed by atoms with Gasteiger partial charge in [-0.05, 0) is 6.92 Å². The molecule has 0 radical (unpaired) electrons. The van der Waals surface area contributed by atoms with Crippen molar-refractivity contribution in [3.05, 3.63) is 0 Å². The third-order valence-corrected chi connectivity index (χ3v) is 6.23. The smallest absolute Gasteiger partial charge is 0.335 e. The Morgan fingerprint density at radius 1 is 0.714 bits per heavy atom. The van der Waals surface area contributed by atoms with E-state index in [2.05, 4.69) is 0 Å². The molecule has 3 rings (SSSR count). The summed E-state index contributed by atoms with van der Waals surface area (Å²) in [4.78, 5) is 11.4. The lowest BCUT2D eigenvalue weighted by Crippen LogP contribution is -2.66. The first-order valence-corrected chi connectivity index (χ1v) is 10.8. The van der Waals surface area contributed by atoms with Crippen LogP contribution in [0.1, 0.15) is 6.92 Å². The van der Waals surface area contributed by atoms with Crippen LogP contribution < -0.4 is 0 Å². The molecule has 0 bridgehead atoms. The maximum Gasteiger partial charge on any atom is 0.335 e. The number of carbonyl (C=O) groups is 1. The summed E-state index contributed by atoms with van der Waals surface area (Å²) < 4.78 is 32.3. The lowest BCUT2D eigenvalue weighted by Gasteiger charge is -2.48. The Bertz CT molecular complexity index is 708. The van der Waals surface area contributed by atoms with Gasteiger partial charge in [0.1, 0.15) is 61.0 Å². The second-order valence-electron chi connectivity index (χ2n) is 8.57. The molecule has 0 aromatic rings. The predicted octanol–water partition coefficient (Wildman–Crippen LogP) is -5.80. The van der Waals surface area contributed by atoms with Gasteiger partial charge in [0.15, 0.2) is 25.0 Å². The fourth-order valence-corrected chi connectivity index (χ4v) is 4.18. The number of aliphatic hydroxyl groups is 8. The monoisotopic (exact) mass is 516 g/mol. The van der Waals surface area contributed by atoms with Crippen molar-refractivity contribution in [3.8, 4) is 0 Å². The van der Waals surface area contributed by atoms with Crippen molar-refractivity contribution < 1.29 is 79.2 Å². The summed E-state index contributed by atoms with van der Waals surface area (Å²) >= 11 is 0. The highest BCUT2D eigenvalue weighted by Gasteiger charge is 2.54. The molecule has 0 aromatic heterocycles. The first kappa shape index (κ1) is 28.5. The molecular formula is C19H32O16. The first-order valence-electron chi connectivity index (χ1n) is 10.8. The van der Waals surface area contributed by atoms with E-state index in [1.165, 1.54) is 14.0 Å². The summed E-state index contributed by atoms with van der Waals surface area (Å²) in [5.41, 5.74) is 0. The topological polar surface area (TPSA) is 255 Å². The van der Waals surface area contributed by atoms with Crippen molar-refractivity contribution in [2.75, 3.05) is 13.7 Å². The van der Waals surface area contributed by atoms with Gasteiger partial charge in [-0.25, -0.2) is 4.79 Å². The Hall–Kier alpha value is -1.09. The second-order valence-corrected chi connectivity index (χ2v) is 8.57. The van der Waals surface area contributed by atoms with Gasteiger partial charge in [0.25, 0.3) is 0 Å². The van der Waals surface area contributed by atoms with Crippen LogP contribution in [0.15, 0.2) is 0 Å². The van der Waals surface area contributed by atoms with Crippen LogP contribution in [-0.4, -0.2) is 158 Å². The lowest BCUT2D eigenvalue weighted by atomic mass is 9.96. The Balaban J connectivity index is 1.85. The number of rotatable bonds is 7. The summed E-state index contributed by atoms with van der Waals surface area (Å²) in [6, 6.07) is 0. The Morgan fingerprint density at radius 2 is 1.26 bits per heavy atom. The zero-order chi connectivity index (χ0) is 26.2. The maximum atomic E-state index is 11.4. The van der Waals surface area contributed by atoms with Gasteiger partial charge in [0.05, 0.1) is 12.7 Å². The minimum atomic E-state index is -1.98. The van der Waals surface area contributed by atoms with Crippen LogP contribution in [0.3, 0.4) is 0 Å². The van der Waals surface area contributed by atoms with E-state index in [9.17, 15) is 50.8 Å². The molecule has 0 spiro atoms. The molecule has 3 aliphatic rings. The van der Waals surface area contributed by atoms with Crippen LogP contribution in [0.4, 0.5) is 0 Å². The zero-order valence-electron chi connectivity index (χ0n) is 18.8. The highest BCUT2D eigenvalue weighted by Crippen LogP contribution is 2.33. The predicted molar refractivity (Wildman–Crippen MR) is 105 cm³/mol. The molecule has 0 saturated carbocycles. The summed E-state index contributed by atoms with van der Waals surface area (Å²) in [5.74, 6) is -1.65. The van der Waals surface area contributed by atoms with E-state index in [-0.39, 0.29) is 0 Å². The van der Waals surface area contributed by atoms with Crippen molar-refractivity contribution in [1.29, 1.82) is 0 Å². The van der Waals surface area contributed by atoms with E-state index in [1.807, 2.05) is 0 Å². The van der Waals surface area contributed by atoms with Gasteiger partial charge < -0.3 is 74.4 Å². The molecule has 3 heterocycles. The van der Waals surface area contributed by atoms with Crippen LogP contribution in [0, 0.1) is 0 Å². The molecule has 35 heavy (non-hydrogen) atoms. The van der Waals surface area contributed by atoms with Crippen molar-refractivity contribution in [2.45, 2.75) is 99.0 Å². The summed E-state index contributed by atoms with van der Waals surface area (Å²) in [7, 11) is 1.21. The van der Waals surface area contributed by atoms with E-state index in [1.54, 1.807) is 0 Å². The largest absolute Gasteiger partial charge is 0.479 e. The fourth-order valence-electron chi connectivity index (χ4n) is 4.18. The Morgan fingerprint density at radius 3 is 1.80 bits per heavy atom. The van der Waals surface area contributed by atoms with E-state index >= 15 is 0 Å². The van der Waals surface area contributed by atoms with E-state index < -0.39 is 105 Å². The van der Waals surface area contributed by atoms with Gasteiger partial charge in [-0.15, -0.1) is 0 Å². The van der Waals surface area contributed by atoms with Crippen LogP contribution in [0.2, 0.25) is 0 Å². The molecule has 3 fully saturated rings. The van der Waals surface area contributed by atoms with Crippen LogP contribution in [0.25, 0.3) is 0 Å². The third kappa shape index (κ3) is 5.60. The molecular weight excluding hydrogens is 484 g/mol. The zero-order valence-corrected chi connectivity index (χ0v) is 18.8. The average Bonchev–Trinajstić information content (AvgIpc) is 2.82. The third-order valence-electron chi connectivity index (χ3n) is 6.23. The van der Waals surface area contributed by atoms with E-state index in [4.69, 9.17) is 28.4 Å². The summed E-state index contributed by atoms with van der Waals surface area (Å²) in [6.45, 7) is 0.731. The molecule has 15 atom stereocenters. The minimum absolute atomic E-state index is 0.727. The summed E-state index contributed by atoms with van der Waals surface area (Å²) in [5, 5.41) is 89.9. The molecule has 16 nitrogen and oxygen atoms in total. The average molecular weight is 516 g/mol.